The van der Waals surface area contributed by atoms with Gasteiger partial charge in [-0.3, -0.25) is 4.79 Å². The molecule has 0 saturated heterocycles. The summed E-state index contributed by atoms with van der Waals surface area (Å²) >= 11 is 9.18. The summed E-state index contributed by atoms with van der Waals surface area (Å²) in [6, 6.07) is 13.7. The van der Waals surface area contributed by atoms with Crippen LogP contribution < -0.4 is 5.56 Å². The maximum Gasteiger partial charge on any atom is 0.260 e. The van der Waals surface area contributed by atoms with Crippen molar-refractivity contribution in [2.45, 2.75) is 10.6 Å². The van der Waals surface area contributed by atoms with E-state index in [1.807, 2.05) is 23.6 Å². The van der Waals surface area contributed by atoms with Crippen LogP contribution in [-0.2, 0) is 5.75 Å². The molecule has 0 spiro atoms. The first-order valence-electron chi connectivity index (χ1n) is 7.75. The second kappa shape index (κ2) is 7.23. The SMILES string of the molecule is O=c1[nH]c(CSc2ccc(F)cc2)nc2scc(-c3ccccc3Cl)c12. The Hall–Kier alpha value is -2.15. The molecule has 0 bridgehead atoms. The molecular weight excluding hydrogens is 391 g/mol. The highest BCUT2D eigenvalue weighted by molar-refractivity contribution is 7.98. The van der Waals surface area contributed by atoms with Gasteiger partial charge in [0.15, 0.2) is 0 Å². The Morgan fingerprint density at radius 1 is 1.12 bits per heavy atom. The molecule has 2 aromatic heterocycles. The van der Waals surface area contributed by atoms with Gasteiger partial charge < -0.3 is 4.98 Å². The summed E-state index contributed by atoms with van der Waals surface area (Å²) < 4.78 is 13.0. The largest absolute Gasteiger partial charge is 0.309 e. The van der Waals surface area contributed by atoms with E-state index in [1.54, 1.807) is 18.2 Å². The summed E-state index contributed by atoms with van der Waals surface area (Å²) in [5, 5.41) is 3.06. The Bertz CT molecular complexity index is 1140. The van der Waals surface area contributed by atoms with Crippen LogP contribution in [0.1, 0.15) is 5.82 Å². The van der Waals surface area contributed by atoms with E-state index in [0.717, 1.165) is 16.0 Å². The summed E-state index contributed by atoms with van der Waals surface area (Å²) in [4.78, 5) is 21.6. The van der Waals surface area contributed by atoms with Crippen LogP contribution in [0.2, 0.25) is 5.02 Å². The van der Waals surface area contributed by atoms with E-state index >= 15 is 0 Å². The van der Waals surface area contributed by atoms with Gasteiger partial charge in [0.05, 0.1) is 11.1 Å². The highest BCUT2D eigenvalue weighted by atomic mass is 35.5. The summed E-state index contributed by atoms with van der Waals surface area (Å²) in [5.74, 6) is 0.813. The predicted molar refractivity (Wildman–Crippen MR) is 107 cm³/mol. The molecule has 4 aromatic rings. The summed E-state index contributed by atoms with van der Waals surface area (Å²) in [6.07, 6.45) is 0. The van der Waals surface area contributed by atoms with Crippen molar-refractivity contribution < 1.29 is 4.39 Å². The van der Waals surface area contributed by atoms with Crippen molar-refractivity contribution in [2.24, 2.45) is 0 Å². The average molecular weight is 403 g/mol. The molecule has 0 fully saturated rings. The van der Waals surface area contributed by atoms with Crippen molar-refractivity contribution in [3.8, 4) is 11.1 Å². The second-order valence-electron chi connectivity index (χ2n) is 5.56. The lowest BCUT2D eigenvalue weighted by Crippen LogP contribution is -2.10. The van der Waals surface area contributed by atoms with E-state index in [9.17, 15) is 9.18 Å². The molecule has 0 aliphatic carbocycles. The van der Waals surface area contributed by atoms with E-state index in [2.05, 4.69) is 9.97 Å². The third-order valence-electron chi connectivity index (χ3n) is 3.85. The third kappa shape index (κ3) is 3.40. The molecule has 0 radical (unpaired) electrons. The topological polar surface area (TPSA) is 45.8 Å². The number of aromatic amines is 1. The highest BCUT2D eigenvalue weighted by Crippen LogP contribution is 2.35. The fourth-order valence-electron chi connectivity index (χ4n) is 2.62. The van der Waals surface area contributed by atoms with Gasteiger partial charge in [0, 0.05) is 26.4 Å². The van der Waals surface area contributed by atoms with E-state index in [4.69, 9.17) is 11.6 Å². The molecule has 3 nitrogen and oxygen atoms in total. The van der Waals surface area contributed by atoms with Crippen LogP contribution in [0.4, 0.5) is 4.39 Å². The number of hydrogen-bond acceptors (Lipinski definition) is 4. The van der Waals surface area contributed by atoms with Crippen LogP contribution in [0, 0.1) is 5.82 Å². The van der Waals surface area contributed by atoms with Crippen molar-refractivity contribution in [3.05, 3.63) is 80.9 Å². The molecule has 26 heavy (non-hydrogen) atoms. The number of nitrogens with one attached hydrogen (secondary N) is 1. The Morgan fingerprint density at radius 2 is 1.88 bits per heavy atom. The van der Waals surface area contributed by atoms with Crippen LogP contribution in [0.5, 0.6) is 0 Å². The van der Waals surface area contributed by atoms with Gasteiger partial charge in [0.25, 0.3) is 5.56 Å². The van der Waals surface area contributed by atoms with Gasteiger partial charge in [0.2, 0.25) is 0 Å². The molecule has 0 saturated carbocycles. The predicted octanol–water partition coefficient (Wildman–Crippen LogP) is 5.74. The maximum absolute atomic E-state index is 13.0. The Morgan fingerprint density at radius 3 is 2.65 bits per heavy atom. The van der Waals surface area contributed by atoms with Gasteiger partial charge in [-0.25, -0.2) is 9.37 Å². The minimum atomic E-state index is -0.270. The van der Waals surface area contributed by atoms with E-state index in [0.29, 0.717) is 26.8 Å². The first-order chi connectivity index (χ1) is 12.6. The molecule has 0 atom stereocenters. The Kier molecular flexibility index (Phi) is 4.80. The van der Waals surface area contributed by atoms with E-state index in [-0.39, 0.29) is 11.4 Å². The molecule has 130 valence electrons. The van der Waals surface area contributed by atoms with Crippen molar-refractivity contribution in [1.29, 1.82) is 0 Å². The van der Waals surface area contributed by atoms with Gasteiger partial charge in [-0.05, 0) is 30.3 Å². The average Bonchev–Trinajstić information content (AvgIpc) is 3.06. The first-order valence-corrected chi connectivity index (χ1v) is 10.00. The van der Waals surface area contributed by atoms with E-state index in [1.165, 1.54) is 35.2 Å². The zero-order chi connectivity index (χ0) is 18.1. The van der Waals surface area contributed by atoms with Crippen molar-refractivity contribution >= 4 is 44.9 Å². The number of benzene rings is 2. The zero-order valence-electron chi connectivity index (χ0n) is 13.3. The van der Waals surface area contributed by atoms with Crippen molar-refractivity contribution in [2.75, 3.05) is 0 Å². The second-order valence-corrected chi connectivity index (χ2v) is 7.88. The summed E-state index contributed by atoms with van der Waals surface area (Å²) in [6.45, 7) is 0. The lowest BCUT2D eigenvalue weighted by atomic mass is 10.1. The third-order valence-corrected chi connectivity index (χ3v) is 6.07. The summed E-state index contributed by atoms with van der Waals surface area (Å²) in [5.41, 5.74) is 1.43. The first kappa shape index (κ1) is 17.3. The number of fused-ring (bicyclic) bond motifs is 1. The number of rotatable bonds is 4. The molecule has 0 unspecified atom stereocenters. The molecule has 0 aliphatic rings. The molecule has 0 amide bonds. The Labute approximate surface area is 161 Å². The van der Waals surface area contributed by atoms with Gasteiger partial charge in [-0.15, -0.1) is 23.1 Å². The summed E-state index contributed by atoms with van der Waals surface area (Å²) in [7, 11) is 0. The number of thiophene rings is 1. The fraction of sp³-hybridized carbons (Fsp3) is 0.0526. The van der Waals surface area contributed by atoms with Gasteiger partial charge in [-0.1, -0.05) is 29.8 Å². The molecule has 2 heterocycles. The maximum atomic E-state index is 13.0. The fourth-order valence-corrected chi connectivity index (χ4v) is 4.59. The van der Waals surface area contributed by atoms with E-state index < -0.39 is 0 Å². The minimum absolute atomic E-state index is 0.180. The number of H-pyrrole nitrogens is 1. The normalized spacial score (nSPS) is 11.2. The number of hydrogen-bond donors (Lipinski definition) is 1. The lowest BCUT2D eigenvalue weighted by molar-refractivity contribution is 0.626. The number of thioether (sulfide) groups is 1. The minimum Gasteiger partial charge on any atom is -0.309 e. The van der Waals surface area contributed by atoms with Gasteiger partial charge in [0.1, 0.15) is 16.5 Å². The number of nitrogens with zero attached hydrogens (tertiary/aromatic N) is 1. The van der Waals surface area contributed by atoms with Crippen LogP contribution in [0.3, 0.4) is 0 Å². The van der Waals surface area contributed by atoms with Crippen LogP contribution in [0.25, 0.3) is 21.3 Å². The van der Waals surface area contributed by atoms with Gasteiger partial charge >= 0.3 is 0 Å². The molecule has 0 aliphatic heterocycles. The van der Waals surface area contributed by atoms with Crippen molar-refractivity contribution in [3.63, 3.8) is 0 Å². The smallest absolute Gasteiger partial charge is 0.260 e. The van der Waals surface area contributed by atoms with Gasteiger partial charge in [-0.2, -0.15) is 0 Å². The number of halogens is 2. The lowest BCUT2D eigenvalue weighted by Gasteiger charge is -2.04. The number of aromatic nitrogens is 2. The molecule has 7 heteroatoms. The zero-order valence-corrected chi connectivity index (χ0v) is 15.7. The molecular formula is C19H12ClFN2OS2. The molecule has 1 N–H and O–H groups in total. The highest BCUT2D eigenvalue weighted by Gasteiger charge is 2.14. The van der Waals surface area contributed by atoms with Crippen LogP contribution in [-0.4, -0.2) is 9.97 Å². The van der Waals surface area contributed by atoms with Crippen LogP contribution >= 0.6 is 34.7 Å². The van der Waals surface area contributed by atoms with Crippen molar-refractivity contribution in [1.82, 2.24) is 9.97 Å². The molecule has 2 aromatic carbocycles. The Balaban J connectivity index is 1.67. The standard InChI is InChI=1S/C19H12ClFN2OS2/c20-15-4-2-1-3-13(15)14-9-26-19-17(14)18(24)22-16(23-19)10-25-12-7-5-11(21)6-8-12/h1-9H,10H2,(H,22,23,24). The molecule has 4 rings (SSSR count). The quantitative estimate of drug-likeness (QED) is 0.443. The van der Waals surface area contributed by atoms with Crippen LogP contribution in [0.15, 0.2) is 63.6 Å². The monoisotopic (exact) mass is 402 g/mol.